The third-order valence-corrected chi connectivity index (χ3v) is 2.02. The fraction of sp³-hybridized carbons (Fsp3) is 1.00. The van der Waals surface area contributed by atoms with Gasteiger partial charge in [-0.15, -0.1) is 0 Å². The van der Waals surface area contributed by atoms with Gasteiger partial charge in [0, 0.05) is 32.3 Å². The first-order valence-corrected chi connectivity index (χ1v) is 4.58. The maximum absolute atomic E-state index is 5.52. The van der Waals surface area contributed by atoms with Crippen molar-refractivity contribution in [3.05, 3.63) is 0 Å². The molecule has 0 amide bonds. The van der Waals surface area contributed by atoms with Crippen molar-refractivity contribution >= 4 is 0 Å². The van der Waals surface area contributed by atoms with Crippen molar-refractivity contribution in [1.29, 1.82) is 0 Å². The molecule has 0 aliphatic carbocycles. The molecule has 0 aromatic rings. The second kappa shape index (κ2) is 6.40. The lowest BCUT2D eigenvalue weighted by Gasteiger charge is -2.31. The predicted octanol–water partition coefficient (Wildman–Crippen LogP) is 0.690. The SMILES string of the molecule is COCC(C)N(CCN)C(C)C. The molecular formula is C9H22N2O. The highest BCUT2D eigenvalue weighted by molar-refractivity contribution is 4.70. The Balaban J connectivity index is 3.90. The average Bonchev–Trinajstić information content (AvgIpc) is 1.99. The van der Waals surface area contributed by atoms with Crippen molar-refractivity contribution < 1.29 is 4.74 Å². The van der Waals surface area contributed by atoms with E-state index in [-0.39, 0.29) is 0 Å². The molecule has 0 aliphatic heterocycles. The van der Waals surface area contributed by atoms with Crippen LogP contribution in [-0.4, -0.2) is 43.8 Å². The van der Waals surface area contributed by atoms with E-state index in [0.29, 0.717) is 18.6 Å². The van der Waals surface area contributed by atoms with E-state index in [1.54, 1.807) is 7.11 Å². The van der Waals surface area contributed by atoms with Gasteiger partial charge in [-0.1, -0.05) is 0 Å². The van der Waals surface area contributed by atoms with Gasteiger partial charge in [-0.05, 0) is 20.8 Å². The zero-order chi connectivity index (χ0) is 9.56. The van der Waals surface area contributed by atoms with E-state index >= 15 is 0 Å². The van der Waals surface area contributed by atoms with Crippen molar-refractivity contribution in [2.75, 3.05) is 26.8 Å². The van der Waals surface area contributed by atoms with Crippen LogP contribution in [0.5, 0.6) is 0 Å². The Labute approximate surface area is 75.9 Å². The molecule has 0 rings (SSSR count). The Morgan fingerprint density at radius 1 is 1.33 bits per heavy atom. The van der Waals surface area contributed by atoms with Crippen molar-refractivity contribution in [2.24, 2.45) is 5.73 Å². The van der Waals surface area contributed by atoms with E-state index in [1.165, 1.54) is 0 Å². The molecule has 0 aromatic carbocycles. The summed E-state index contributed by atoms with van der Waals surface area (Å²) < 4.78 is 5.10. The zero-order valence-corrected chi connectivity index (χ0v) is 8.71. The lowest BCUT2D eigenvalue weighted by Crippen LogP contribution is -2.43. The lowest BCUT2D eigenvalue weighted by molar-refractivity contribution is 0.0817. The molecule has 0 aromatic heterocycles. The van der Waals surface area contributed by atoms with Crippen LogP contribution in [0.2, 0.25) is 0 Å². The van der Waals surface area contributed by atoms with E-state index in [0.717, 1.165) is 13.2 Å². The molecular weight excluding hydrogens is 152 g/mol. The van der Waals surface area contributed by atoms with E-state index in [2.05, 4.69) is 25.7 Å². The van der Waals surface area contributed by atoms with Crippen molar-refractivity contribution in [2.45, 2.75) is 32.9 Å². The maximum Gasteiger partial charge on any atom is 0.0615 e. The highest BCUT2D eigenvalue weighted by Crippen LogP contribution is 2.04. The van der Waals surface area contributed by atoms with E-state index in [1.807, 2.05) is 0 Å². The summed E-state index contributed by atoms with van der Waals surface area (Å²) in [5.74, 6) is 0. The summed E-state index contributed by atoms with van der Waals surface area (Å²) in [6, 6.07) is 0.997. The monoisotopic (exact) mass is 174 g/mol. The summed E-state index contributed by atoms with van der Waals surface area (Å²) in [5.41, 5.74) is 5.52. The molecule has 0 radical (unpaired) electrons. The Hall–Kier alpha value is -0.120. The summed E-state index contributed by atoms with van der Waals surface area (Å²) >= 11 is 0. The minimum atomic E-state index is 0.457. The summed E-state index contributed by atoms with van der Waals surface area (Å²) in [4.78, 5) is 2.35. The van der Waals surface area contributed by atoms with Crippen LogP contribution in [0.25, 0.3) is 0 Å². The number of ether oxygens (including phenoxy) is 1. The molecule has 0 fully saturated rings. The molecule has 1 unspecified atom stereocenters. The largest absolute Gasteiger partial charge is 0.383 e. The van der Waals surface area contributed by atoms with Gasteiger partial charge in [-0.25, -0.2) is 0 Å². The second-order valence-corrected chi connectivity index (χ2v) is 3.42. The van der Waals surface area contributed by atoms with Gasteiger partial charge in [0.25, 0.3) is 0 Å². The summed E-state index contributed by atoms with van der Waals surface area (Å²) in [6.07, 6.45) is 0. The molecule has 0 aliphatic rings. The van der Waals surface area contributed by atoms with Crippen LogP contribution >= 0.6 is 0 Å². The Morgan fingerprint density at radius 3 is 2.25 bits per heavy atom. The van der Waals surface area contributed by atoms with Crippen LogP contribution in [0, 0.1) is 0 Å². The molecule has 0 bridgehead atoms. The summed E-state index contributed by atoms with van der Waals surface area (Å²) in [6.45, 7) is 8.97. The van der Waals surface area contributed by atoms with Gasteiger partial charge >= 0.3 is 0 Å². The molecule has 3 heteroatoms. The van der Waals surface area contributed by atoms with Crippen molar-refractivity contribution in [3.8, 4) is 0 Å². The number of nitrogens with two attached hydrogens (primary N) is 1. The van der Waals surface area contributed by atoms with Gasteiger partial charge in [-0.3, -0.25) is 4.90 Å². The molecule has 0 saturated carbocycles. The Bertz CT molecular complexity index is 107. The van der Waals surface area contributed by atoms with Gasteiger partial charge in [0.15, 0.2) is 0 Å². The maximum atomic E-state index is 5.52. The van der Waals surface area contributed by atoms with E-state index in [4.69, 9.17) is 10.5 Å². The molecule has 0 heterocycles. The van der Waals surface area contributed by atoms with Crippen LogP contribution in [0.4, 0.5) is 0 Å². The lowest BCUT2D eigenvalue weighted by atomic mass is 10.2. The Morgan fingerprint density at radius 2 is 1.92 bits per heavy atom. The van der Waals surface area contributed by atoms with Gasteiger partial charge in [0.2, 0.25) is 0 Å². The van der Waals surface area contributed by atoms with E-state index in [9.17, 15) is 0 Å². The highest BCUT2D eigenvalue weighted by atomic mass is 16.5. The first kappa shape index (κ1) is 11.9. The Kier molecular flexibility index (Phi) is 6.34. The molecule has 12 heavy (non-hydrogen) atoms. The molecule has 2 N–H and O–H groups in total. The average molecular weight is 174 g/mol. The van der Waals surface area contributed by atoms with Gasteiger partial charge in [0.05, 0.1) is 6.61 Å². The second-order valence-electron chi connectivity index (χ2n) is 3.42. The summed E-state index contributed by atoms with van der Waals surface area (Å²) in [5, 5.41) is 0. The first-order valence-electron chi connectivity index (χ1n) is 4.58. The number of methoxy groups -OCH3 is 1. The van der Waals surface area contributed by atoms with E-state index < -0.39 is 0 Å². The highest BCUT2D eigenvalue weighted by Gasteiger charge is 2.15. The van der Waals surface area contributed by atoms with Gasteiger partial charge in [-0.2, -0.15) is 0 Å². The molecule has 74 valence electrons. The third kappa shape index (κ3) is 4.04. The van der Waals surface area contributed by atoms with Gasteiger partial charge in [0.1, 0.15) is 0 Å². The number of nitrogens with zero attached hydrogens (tertiary/aromatic N) is 1. The van der Waals surface area contributed by atoms with Crippen LogP contribution < -0.4 is 5.73 Å². The zero-order valence-electron chi connectivity index (χ0n) is 8.71. The van der Waals surface area contributed by atoms with Crippen LogP contribution in [0.1, 0.15) is 20.8 Å². The minimum Gasteiger partial charge on any atom is -0.383 e. The van der Waals surface area contributed by atoms with Crippen molar-refractivity contribution in [1.82, 2.24) is 4.90 Å². The molecule has 0 spiro atoms. The number of hydrogen-bond donors (Lipinski definition) is 1. The summed E-state index contributed by atoms with van der Waals surface area (Å²) in [7, 11) is 1.73. The molecule has 3 nitrogen and oxygen atoms in total. The first-order chi connectivity index (χ1) is 5.63. The smallest absolute Gasteiger partial charge is 0.0615 e. The standard InChI is InChI=1S/C9H22N2O/c1-8(2)11(6-5-10)9(3)7-12-4/h8-9H,5-7,10H2,1-4H3. The fourth-order valence-electron chi connectivity index (χ4n) is 1.47. The minimum absolute atomic E-state index is 0.457. The third-order valence-electron chi connectivity index (χ3n) is 2.02. The normalized spacial score (nSPS) is 14.2. The quantitative estimate of drug-likeness (QED) is 0.644. The number of hydrogen-bond acceptors (Lipinski definition) is 3. The predicted molar refractivity (Wildman–Crippen MR) is 52.2 cm³/mol. The van der Waals surface area contributed by atoms with Crippen LogP contribution in [0.3, 0.4) is 0 Å². The number of rotatable bonds is 6. The topological polar surface area (TPSA) is 38.5 Å². The van der Waals surface area contributed by atoms with Crippen LogP contribution in [-0.2, 0) is 4.74 Å². The molecule has 0 saturated heterocycles. The van der Waals surface area contributed by atoms with Crippen molar-refractivity contribution in [3.63, 3.8) is 0 Å². The molecule has 1 atom stereocenters. The van der Waals surface area contributed by atoms with Crippen LogP contribution in [0.15, 0.2) is 0 Å². The van der Waals surface area contributed by atoms with Gasteiger partial charge < -0.3 is 10.5 Å². The fourth-order valence-corrected chi connectivity index (χ4v) is 1.47.